The highest BCUT2D eigenvalue weighted by molar-refractivity contribution is 7.16. The summed E-state index contributed by atoms with van der Waals surface area (Å²) in [5.41, 5.74) is 3.55. The summed E-state index contributed by atoms with van der Waals surface area (Å²) in [4.78, 5) is 18.5. The molecule has 20 heavy (non-hydrogen) atoms. The molecule has 2 amide bonds. The number of hydrogen-bond acceptors (Lipinski definition) is 3. The molecule has 5 heteroatoms. The van der Waals surface area contributed by atoms with E-state index in [0.29, 0.717) is 6.54 Å². The fourth-order valence-corrected chi connectivity index (χ4v) is 3.14. The molecule has 4 nitrogen and oxygen atoms in total. The third kappa shape index (κ3) is 2.54. The van der Waals surface area contributed by atoms with Gasteiger partial charge in [0.05, 0.1) is 21.8 Å². The van der Waals surface area contributed by atoms with Crippen LogP contribution in [0.2, 0.25) is 0 Å². The first-order chi connectivity index (χ1) is 9.78. The molecular formula is C15H17N3OS. The summed E-state index contributed by atoms with van der Waals surface area (Å²) in [6.07, 6.45) is 6.26. The third-order valence-electron chi connectivity index (χ3n) is 3.49. The second-order valence-electron chi connectivity index (χ2n) is 4.90. The lowest BCUT2D eigenvalue weighted by atomic mass is 10.2. The van der Waals surface area contributed by atoms with Crippen LogP contribution in [-0.4, -0.2) is 28.5 Å². The van der Waals surface area contributed by atoms with Crippen molar-refractivity contribution < 1.29 is 4.79 Å². The van der Waals surface area contributed by atoms with Crippen LogP contribution in [0.3, 0.4) is 0 Å². The Bertz CT molecular complexity index is 649. The molecule has 2 heterocycles. The maximum atomic E-state index is 12.3. The summed E-state index contributed by atoms with van der Waals surface area (Å²) in [7, 11) is 0. The zero-order valence-electron chi connectivity index (χ0n) is 11.4. The minimum absolute atomic E-state index is 0.0389. The van der Waals surface area contributed by atoms with Gasteiger partial charge in [-0.05, 0) is 24.6 Å². The minimum Gasteiger partial charge on any atom is -0.314 e. The topological polar surface area (TPSA) is 45.2 Å². The van der Waals surface area contributed by atoms with Crippen molar-refractivity contribution in [1.29, 1.82) is 0 Å². The van der Waals surface area contributed by atoms with Crippen LogP contribution in [-0.2, 0) is 0 Å². The van der Waals surface area contributed by atoms with Crippen molar-refractivity contribution in [3.05, 3.63) is 35.9 Å². The molecule has 3 rings (SSSR count). The monoisotopic (exact) mass is 287 g/mol. The Hall–Kier alpha value is -1.88. The zero-order valence-corrected chi connectivity index (χ0v) is 12.2. The Morgan fingerprint density at radius 2 is 2.45 bits per heavy atom. The largest absolute Gasteiger partial charge is 0.322 e. The second-order valence-corrected chi connectivity index (χ2v) is 5.79. The van der Waals surface area contributed by atoms with Gasteiger partial charge in [0.15, 0.2) is 0 Å². The fourth-order valence-electron chi connectivity index (χ4n) is 2.48. The minimum atomic E-state index is -0.0389. The van der Waals surface area contributed by atoms with Crippen LogP contribution in [0.25, 0.3) is 10.2 Å². The lowest BCUT2D eigenvalue weighted by Crippen LogP contribution is -2.39. The molecular weight excluding hydrogens is 270 g/mol. The lowest BCUT2D eigenvalue weighted by molar-refractivity contribution is 0.208. The molecule has 0 saturated heterocycles. The van der Waals surface area contributed by atoms with E-state index in [1.54, 1.807) is 11.3 Å². The number of benzene rings is 1. The second kappa shape index (κ2) is 5.63. The summed E-state index contributed by atoms with van der Waals surface area (Å²) in [6.45, 7) is 2.83. The number of carbonyl (C=O) groups is 1. The fraction of sp³-hybridized carbons (Fsp3) is 0.333. The first-order valence-electron chi connectivity index (χ1n) is 6.85. The highest BCUT2D eigenvalue weighted by Gasteiger charge is 2.23. The van der Waals surface area contributed by atoms with Gasteiger partial charge in [-0.15, -0.1) is 11.3 Å². The summed E-state index contributed by atoms with van der Waals surface area (Å²) in [6, 6.07) is 6.03. The van der Waals surface area contributed by atoms with Crippen molar-refractivity contribution in [1.82, 2.24) is 9.88 Å². The quantitative estimate of drug-likeness (QED) is 0.871. The number of rotatable bonds is 3. The number of urea groups is 1. The molecule has 1 atom stereocenters. The van der Waals surface area contributed by atoms with Gasteiger partial charge >= 0.3 is 6.03 Å². The number of nitrogens with one attached hydrogen (secondary N) is 1. The van der Waals surface area contributed by atoms with Crippen molar-refractivity contribution in [2.45, 2.75) is 25.8 Å². The molecule has 1 aromatic heterocycles. The molecule has 0 bridgehead atoms. The maximum absolute atomic E-state index is 12.3. The van der Waals surface area contributed by atoms with E-state index in [4.69, 9.17) is 0 Å². The van der Waals surface area contributed by atoms with Crippen LogP contribution in [0.4, 0.5) is 10.5 Å². The summed E-state index contributed by atoms with van der Waals surface area (Å²) in [5, 5.41) is 2.97. The normalized spacial score (nSPS) is 17.9. The molecule has 0 aliphatic carbocycles. The van der Waals surface area contributed by atoms with Crippen LogP contribution in [0.15, 0.2) is 35.9 Å². The van der Waals surface area contributed by atoms with E-state index in [2.05, 4.69) is 29.4 Å². The Balaban J connectivity index is 1.71. The number of carbonyl (C=O) groups excluding carboxylic acids is 1. The average Bonchev–Trinajstić information content (AvgIpc) is 3.07. The van der Waals surface area contributed by atoms with Crippen molar-refractivity contribution in [2.75, 3.05) is 11.9 Å². The highest BCUT2D eigenvalue weighted by Crippen LogP contribution is 2.22. The van der Waals surface area contributed by atoms with Gasteiger partial charge in [0.1, 0.15) is 0 Å². The van der Waals surface area contributed by atoms with Gasteiger partial charge in [-0.3, -0.25) is 0 Å². The van der Waals surface area contributed by atoms with Gasteiger partial charge in [-0.2, -0.15) is 0 Å². The molecule has 0 radical (unpaired) electrons. The predicted octanol–water partition coefficient (Wildman–Crippen LogP) is 3.87. The first kappa shape index (κ1) is 13.1. The first-order valence-corrected chi connectivity index (χ1v) is 7.73. The van der Waals surface area contributed by atoms with E-state index >= 15 is 0 Å². The van der Waals surface area contributed by atoms with Crippen LogP contribution < -0.4 is 5.32 Å². The molecule has 0 spiro atoms. The highest BCUT2D eigenvalue weighted by atomic mass is 32.1. The molecule has 0 fully saturated rings. The molecule has 1 aromatic carbocycles. The number of anilines is 1. The van der Waals surface area contributed by atoms with Gasteiger partial charge in [-0.1, -0.05) is 25.5 Å². The van der Waals surface area contributed by atoms with Crippen LogP contribution in [0.5, 0.6) is 0 Å². The van der Waals surface area contributed by atoms with Gasteiger partial charge in [-0.25, -0.2) is 9.78 Å². The number of amides is 2. The van der Waals surface area contributed by atoms with Crippen molar-refractivity contribution in [3.63, 3.8) is 0 Å². The van der Waals surface area contributed by atoms with Gasteiger partial charge in [0.25, 0.3) is 0 Å². The Kier molecular flexibility index (Phi) is 3.69. The van der Waals surface area contributed by atoms with Gasteiger partial charge < -0.3 is 10.2 Å². The zero-order chi connectivity index (χ0) is 13.9. The maximum Gasteiger partial charge on any atom is 0.322 e. The van der Waals surface area contributed by atoms with Crippen LogP contribution in [0, 0.1) is 0 Å². The van der Waals surface area contributed by atoms with E-state index in [0.717, 1.165) is 28.7 Å². The SMILES string of the molecule is CCCC1C=CCN1C(=O)Nc1ccc2scnc2c1. The Morgan fingerprint density at radius 1 is 1.55 bits per heavy atom. The van der Waals surface area contributed by atoms with Crippen molar-refractivity contribution in [3.8, 4) is 0 Å². The van der Waals surface area contributed by atoms with Crippen LogP contribution >= 0.6 is 11.3 Å². The molecule has 1 aliphatic heterocycles. The number of nitrogens with zero attached hydrogens (tertiary/aromatic N) is 2. The van der Waals surface area contributed by atoms with Crippen LogP contribution in [0.1, 0.15) is 19.8 Å². The molecule has 1 aliphatic rings. The standard InChI is InChI=1S/C15H17N3OS/c1-2-4-12-5-3-8-18(12)15(19)17-11-6-7-14-13(9-11)16-10-20-14/h3,5-7,9-10,12H,2,4,8H2,1H3,(H,17,19). The van der Waals surface area contributed by atoms with E-state index in [1.165, 1.54) is 0 Å². The van der Waals surface area contributed by atoms with E-state index < -0.39 is 0 Å². The third-order valence-corrected chi connectivity index (χ3v) is 4.30. The molecule has 0 saturated carbocycles. The molecule has 104 valence electrons. The molecule has 2 aromatic rings. The molecule has 1 N–H and O–H groups in total. The summed E-state index contributed by atoms with van der Waals surface area (Å²) < 4.78 is 1.13. The Morgan fingerprint density at radius 3 is 3.30 bits per heavy atom. The molecule has 1 unspecified atom stereocenters. The van der Waals surface area contributed by atoms with E-state index in [-0.39, 0.29) is 12.1 Å². The smallest absolute Gasteiger partial charge is 0.314 e. The Labute approximate surface area is 122 Å². The van der Waals surface area contributed by atoms with Gasteiger partial charge in [0.2, 0.25) is 0 Å². The number of thiazole rings is 1. The lowest BCUT2D eigenvalue weighted by Gasteiger charge is -2.24. The number of hydrogen-bond donors (Lipinski definition) is 1. The average molecular weight is 287 g/mol. The van der Waals surface area contributed by atoms with Crippen molar-refractivity contribution in [2.24, 2.45) is 0 Å². The van der Waals surface area contributed by atoms with Gasteiger partial charge in [0, 0.05) is 12.2 Å². The van der Waals surface area contributed by atoms with E-state index in [9.17, 15) is 4.79 Å². The number of fused-ring (bicyclic) bond motifs is 1. The van der Waals surface area contributed by atoms with Crippen molar-refractivity contribution >= 4 is 33.3 Å². The van der Waals surface area contributed by atoms with E-state index in [1.807, 2.05) is 28.6 Å². The summed E-state index contributed by atoms with van der Waals surface area (Å²) >= 11 is 1.60. The number of aromatic nitrogens is 1. The summed E-state index contributed by atoms with van der Waals surface area (Å²) in [5.74, 6) is 0. The predicted molar refractivity (Wildman–Crippen MR) is 83.2 cm³/mol.